The molecular formula is C10H20FNO3S. The van der Waals surface area contributed by atoms with Crippen molar-refractivity contribution >= 4 is 9.84 Å². The van der Waals surface area contributed by atoms with E-state index in [1.165, 1.54) is 6.26 Å². The van der Waals surface area contributed by atoms with Crippen LogP contribution in [0, 0.1) is 5.92 Å². The van der Waals surface area contributed by atoms with Gasteiger partial charge in [-0.2, -0.15) is 0 Å². The molecule has 0 bridgehead atoms. The Hall–Kier alpha value is -0.200. The Morgan fingerprint density at radius 2 is 1.88 bits per heavy atom. The van der Waals surface area contributed by atoms with Crippen LogP contribution in [0.3, 0.4) is 0 Å². The van der Waals surface area contributed by atoms with Crippen LogP contribution in [0.15, 0.2) is 0 Å². The molecule has 0 heterocycles. The number of aliphatic hydroxyl groups is 1. The van der Waals surface area contributed by atoms with E-state index in [2.05, 4.69) is 0 Å². The summed E-state index contributed by atoms with van der Waals surface area (Å²) in [6, 6.07) is -0.847. The lowest BCUT2D eigenvalue weighted by atomic mass is 9.83. The molecule has 3 N–H and O–H groups in total. The minimum absolute atomic E-state index is 0.0660. The van der Waals surface area contributed by atoms with E-state index in [0.717, 1.165) is 0 Å². The van der Waals surface area contributed by atoms with Crippen LogP contribution in [0.4, 0.5) is 4.39 Å². The highest BCUT2D eigenvalue weighted by molar-refractivity contribution is 7.91. The van der Waals surface area contributed by atoms with E-state index in [9.17, 15) is 17.9 Å². The number of sulfone groups is 1. The fraction of sp³-hybridized carbons (Fsp3) is 1.00. The van der Waals surface area contributed by atoms with Crippen LogP contribution >= 0.6 is 0 Å². The van der Waals surface area contributed by atoms with E-state index in [0.29, 0.717) is 25.7 Å². The van der Waals surface area contributed by atoms with E-state index in [4.69, 9.17) is 5.73 Å². The molecule has 16 heavy (non-hydrogen) atoms. The van der Waals surface area contributed by atoms with Gasteiger partial charge in [0.15, 0.2) is 0 Å². The van der Waals surface area contributed by atoms with Crippen molar-refractivity contribution in [3.8, 4) is 0 Å². The van der Waals surface area contributed by atoms with Crippen molar-refractivity contribution in [3.63, 3.8) is 0 Å². The molecule has 1 fully saturated rings. The van der Waals surface area contributed by atoms with Crippen LogP contribution in [0.1, 0.15) is 25.7 Å². The molecule has 1 aliphatic carbocycles. The molecule has 0 saturated heterocycles. The molecule has 1 aliphatic rings. The fourth-order valence-electron chi connectivity index (χ4n) is 2.30. The van der Waals surface area contributed by atoms with Crippen molar-refractivity contribution in [2.75, 3.05) is 12.9 Å². The summed E-state index contributed by atoms with van der Waals surface area (Å²) >= 11 is 0. The van der Waals surface area contributed by atoms with Gasteiger partial charge < -0.3 is 10.8 Å². The molecule has 1 saturated carbocycles. The first kappa shape index (κ1) is 13.9. The Morgan fingerprint density at radius 1 is 1.38 bits per heavy atom. The number of alkyl halides is 1. The second-order valence-electron chi connectivity index (χ2n) is 4.68. The zero-order valence-electron chi connectivity index (χ0n) is 9.47. The van der Waals surface area contributed by atoms with Gasteiger partial charge in [-0.3, -0.25) is 0 Å². The van der Waals surface area contributed by atoms with E-state index in [1.54, 1.807) is 0 Å². The van der Waals surface area contributed by atoms with Gasteiger partial charge in [-0.15, -0.1) is 0 Å². The molecule has 0 spiro atoms. The summed E-state index contributed by atoms with van der Waals surface area (Å²) in [6.07, 6.45) is 2.67. The molecule has 0 aliphatic heterocycles. The van der Waals surface area contributed by atoms with Crippen LogP contribution < -0.4 is 5.73 Å². The summed E-state index contributed by atoms with van der Waals surface area (Å²) in [5.41, 5.74) is 5.42. The van der Waals surface area contributed by atoms with Crippen molar-refractivity contribution in [2.24, 2.45) is 11.7 Å². The predicted octanol–water partition coefficient (Wildman–Crippen LogP) is 0.247. The standard InChI is InChI=1S/C10H20FNO3S/c1-16(14,15)8-4-2-7(3-5-8)10(13)9(12)6-11/h7-10,13H,2-6,12H2,1H3/t7?,8?,9-,10-/m1/s1. The van der Waals surface area contributed by atoms with Gasteiger partial charge in [-0.1, -0.05) is 0 Å². The highest BCUT2D eigenvalue weighted by Gasteiger charge is 2.33. The summed E-state index contributed by atoms with van der Waals surface area (Å²) in [7, 11) is -2.99. The Kier molecular flexibility index (Phi) is 4.70. The maximum absolute atomic E-state index is 12.3. The van der Waals surface area contributed by atoms with Gasteiger partial charge in [-0.05, 0) is 31.6 Å². The maximum atomic E-state index is 12.3. The smallest absolute Gasteiger partial charge is 0.150 e. The second-order valence-corrected chi connectivity index (χ2v) is 7.00. The zero-order valence-corrected chi connectivity index (χ0v) is 10.3. The van der Waals surface area contributed by atoms with Gasteiger partial charge in [0.05, 0.1) is 17.4 Å². The Labute approximate surface area is 95.9 Å². The lowest BCUT2D eigenvalue weighted by molar-refractivity contribution is 0.0549. The third-order valence-corrected chi connectivity index (χ3v) is 5.11. The van der Waals surface area contributed by atoms with Crippen molar-refractivity contribution < 1.29 is 17.9 Å². The Balaban J connectivity index is 2.49. The molecule has 2 atom stereocenters. The van der Waals surface area contributed by atoms with Gasteiger partial charge in [0.2, 0.25) is 0 Å². The molecular weight excluding hydrogens is 233 g/mol. The van der Waals surface area contributed by atoms with Gasteiger partial charge in [0, 0.05) is 6.26 Å². The molecule has 4 nitrogen and oxygen atoms in total. The van der Waals surface area contributed by atoms with Gasteiger partial charge in [-0.25, -0.2) is 12.8 Å². The van der Waals surface area contributed by atoms with E-state index < -0.39 is 28.7 Å². The number of halogens is 1. The van der Waals surface area contributed by atoms with Crippen molar-refractivity contribution in [1.29, 1.82) is 0 Å². The summed E-state index contributed by atoms with van der Waals surface area (Å²) in [5, 5.41) is 9.41. The third kappa shape index (κ3) is 3.40. The van der Waals surface area contributed by atoms with Crippen molar-refractivity contribution in [2.45, 2.75) is 43.1 Å². The summed E-state index contributed by atoms with van der Waals surface area (Å²) < 4.78 is 34.9. The average molecular weight is 253 g/mol. The normalized spacial score (nSPS) is 31.0. The van der Waals surface area contributed by atoms with Gasteiger partial charge in [0.25, 0.3) is 0 Å². The Bertz CT molecular complexity index is 312. The largest absolute Gasteiger partial charge is 0.391 e. The monoisotopic (exact) mass is 253 g/mol. The minimum Gasteiger partial charge on any atom is -0.391 e. The number of hydrogen-bond donors (Lipinski definition) is 2. The Morgan fingerprint density at radius 3 is 2.25 bits per heavy atom. The van der Waals surface area contributed by atoms with Crippen molar-refractivity contribution in [1.82, 2.24) is 0 Å². The second kappa shape index (κ2) is 5.42. The van der Waals surface area contributed by atoms with Crippen LogP contribution in [-0.2, 0) is 9.84 Å². The number of aliphatic hydroxyl groups excluding tert-OH is 1. The number of nitrogens with two attached hydrogens (primary N) is 1. The maximum Gasteiger partial charge on any atom is 0.150 e. The first-order valence-corrected chi connectivity index (χ1v) is 7.50. The number of rotatable bonds is 4. The molecule has 0 aromatic heterocycles. The highest BCUT2D eigenvalue weighted by atomic mass is 32.2. The predicted molar refractivity (Wildman–Crippen MR) is 60.5 cm³/mol. The topological polar surface area (TPSA) is 80.4 Å². The molecule has 0 aromatic rings. The molecule has 0 amide bonds. The van der Waals surface area contributed by atoms with Crippen LogP contribution in [-0.4, -0.2) is 43.9 Å². The lowest BCUT2D eigenvalue weighted by Gasteiger charge is -2.32. The molecule has 96 valence electrons. The molecule has 6 heteroatoms. The third-order valence-electron chi connectivity index (χ3n) is 3.42. The average Bonchev–Trinajstić information content (AvgIpc) is 2.26. The lowest BCUT2D eigenvalue weighted by Crippen LogP contribution is -2.43. The molecule has 1 rings (SSSR count). The summed E-state index contributed by atoms with van der Waals surface area (Å²) in [5.74, 6) is -0.0660. The summed E-state index contributed by atoms with van der Waals surface area (Å²) in [4.78, 5) is 0. The van der Waals surface area contributed by atoms with Crippen LogP contribution in [0.5, 0.6) is 0 Å². The summed E-state index contributed by atoms with van der Waals surface area (Å²) in [6.45, 7) is -0.743. The van der Waals surface area contributed by atoms with E-state index >= 15 is 0 Å². The number of hydrogen-bond acceptors (Lipinski definition) is 4. The quantitative estimate of drug-likeness (QED) is 0.752. The molecule has 0 radical (unpaired) electrons. The highest BCUT2D eigenvalue weighted by Crippen LogP contribution is 2.31. The van der Waals surface area contributed by atoms with Gasteiger partial charge in [0.1, 0.15) is 16.5 Å². The van der Waals surface area contributed by atoms with E-state index in [-0.39, 0.29) is 11.2 Å². The van der Waals surface area contributed by atoms with Crippen LogP contribution in [0.25, 0.3) is 0 Å². The molecule has 0 aromatic carbocycles. The van der Waals surface area contributed by atoms with Gasteiger partial charge >= 0.3 is 0 Å². The zero-order chi connectivity index (χ0) is 12.3. The minimum atomic E-state index is -2.99. The first-order chi connectivity index (χ1) is 7.36. The SMILES string of the molecule is CS(=O)(=O)C1CCC([C@@H](O)[C@H](N)CF)CC1. The fourth-order valence-corrected chi connectivity index (χ4v) is 3.43. The first-order valence-electron chi connectivity index (χ1n) is 5.54. The van der Waals surface area contributed by atoms with Crippen LogP contribution in [0.2, 0.25) is 0 Å². The molecule has 0 unspecified atom stereocenters. The van der Waals surface area contributed by atoms with Crippen molar-refractivity contribution in [3.05, 3.63) is 0 Å². The van der Waals surface area contributed by atoms with E-state index in [1.807, 2.05) is 0 Å².